The Hall–Kier alpha value is -0.650. The van der Waals surface area contributed by atoms with Crippen LogP contribution in [-0.2, 0) is 11.3 Å². The van der Waals surface area contributed by atoms with Crippen LogP contribution in [0.15, 0.2) is 10.2 Å². The first-order valence-electron chi connectivity index (χ1n) is 5.22. The van der Waals surface area contributed by atoms with E-state index in [2.05, 4.69) is 4.90 Å². The molecule has 84 valence electrons. The summed E-state index contributed by atoms with van der Waals surface area (Å²) in [7, 11) is 0. The molecule has 1 fully saturated rings. The first-order chi connectivity index (χ1) is 7.27. The number of nitrogens with zero attached hydrogens (tertiary/aromatic N) is 2. The van der Waals surface area contributed by atoms with E-state index in [1.54, 1.807) is 0 Å². The van der Waals surface area contributed by atoms with Crippen molar-refractivity contribution in [2.75, 3.05) is 32.8 Å². The summed E-state index contributed by atoms with van der Waals surface area (Å²) in [5, 5.41) is 1.92. The molecule has 0 N–H and O–H groups in total. The number of ether oxygens (including phenoxy) is 1. The minimum atomic E-state index is 0.153. The molecule has 0 atom stereocenters. The number of morpholine rings is 1. The molecular weight excluding hydrogens is 212 g/mol. The van der Waals surface area contributed by atoms with Crippen LogP contribution in [-0.4, -0.2) is 42.3 Å². The van der Waals surface area contributed by atoms with Crippen LogP contribution in [0.1, 0.15) is 5.69 Å². The molecule has 1 aliphatic heterocycles. The molecule has 0 bridgehead atoms. The van der Waals surface area contributed by atoms with Gasteiger partial charge in [0, 0.05) is 37.3 Å². The van der Waals surface area contributed by atoms with Gasteiger partial charge in [-0.25, -0.2) is 0 Å². The average Bonchev–Trinajstić information content (AvgIpc) is 2.58. The van der Waals surface area contributed by atoms with Gasteiger partial charge < -0.3 is 9.30 Å². The quantitative estimate of drug-likeness (QED) is 0.758. The summed E-state index contributed by atoms with van der Waals surface area (Å²) >= 11 is 1.28. The van der Waals surface area contributed by atoms with Crippen LogP contribution < -0.4 is 4.87 Å². The molecule has 15 heavy (non-hydrogen) atoms. The Bertz CT molecular complexity index is 366. The molecule has 0 radical (unpaired) electrons. The second-order valence-electron chi connectivity index (χ2n) is 3.75. The van der Waals surface area contributed by atoms with E-state index in [-0.39, 0.29) is 4.87 Å². The lowest BCUT2D eigenvalue weighted by Crippen LogP contribution is -2.39. The maximum absolute atomic E-state index is 11.5. The van der Waals surface area contributed by atoms with Gasteiger partial charge in [-0.15, -0.1) is 0 Å². The van der Waals surface area contributed by atoms with Crippen LogP contribution in [0.25, 0.3) is 0 Å². The highest BCUT2D eigenvalue weighted by Crippen LogP contribution is 2.01. The molecule has 0 spiro atoms. The Labute approximate surface area is 93.1 Å². The Kier molecular flexibility index (Phi) is 3.56. The predicted molar refractivity (Wildman–Crippen MR) is 60.6 cm³/mol. The molecule has 1 saturated heterocycles. The van der Waals surface area contributed by atoms with Gasteiger partial charge in [-0.3, -0.25) is 9.69 Å². The van der Waals surface area contributed by atoms with Gasteiger partial charge >= 0.3 is 4.87 Å². The topological polar surface area (TPSA) is 34.5 Å². The summed E-state index contributed by atoms with van der Waals surface area (Å²) in [5.41, 5.74) is 1.07. The Morgan fingerprint density at radius 1 is 1.40 bits per heavy atom. The first kappa shape index (κ1) is 10.9. The molecule has 0 unspecified atom stereocenters. The molecule has 2 heterocycles. The molecule has 1 aromatic heterocycles. The van der Waals surface area contributed by atoms with E-state index in [1.165, 1.54) is 11.3 Å². The van der Waals surface area contributed by atoms with Gasteiger partial charge in [-0.05, 0) is 6.92 Å². The molecule has 0 saturated carbocycles. The monoisotopic (exact) mass is 228 g/mol. The lowest BCUT2D eigenvalue weighted by atomic mass is 10.4. The van der Waals surface area contributed by atoms with Crippen LogP contribution in [0.5, 0.6) is 0 Å². The second-order valence-corrected chi connectivity index (χ2v) is 4.57. The standard InChI is InChI=1S/C10H16N2O2S/c1-9-8-15-10(13)12(9)3-2-11-4-6-14-7-5-11/h8H,2-7H2,1H3. The fraction of sp³-hybridized carbons (Fsp3) is 0.700. The molecule has 0 aromatic carbocycles. The fourth-order valence-electron chi connectivity index (χ4n) is 1.74. The largest absolute Gasteiger partial charge is 0.379 e. The highest BCUT2D eigenvalue weighted by molar-refractivity contribution is 7.07. The average molecular weight is 228 g/mol. The number of aromatic nitrogens is 1. The summed E-state index contributed by atoms with van der Waals surface area (Å²) in [5.74, 6) is 0. The van der Waals surface area contributed by atoms with Crippen molar-refractivity contribution in [3.05, 3.63) is 20.7 Å². The molecule has 2 rings (SSSR count). The van der Waals surface area contributed by atoms with E-state index in [1.807, 2.05) is 16.9 Å². The summed E-state index contributed by atoms with van der Waals surface area (Å²) < 4.78 is 7.12. The molecule has 4 nitrogen and oxygen atoms in total. The normalized spacial score (nSPS) is 18.2. The van der Waals surface area contributed by atoms with Crippen LogP contribution in [0.3, 0.4) is 0 Å². The van der Waals surface area contributed by atoms with Crippen molar-refractivity contribution in [2.24, 2.45) is 0 Å². The van der Waals surface area contributed by atoms with E-state index in [0.29, 0.717) is 0 Å². The van der Waals surface area contributed by atoms with E-state index in [4.69, 9.17) is 4.74 Å². The van der Waals surface area contributed by atoms with E-state index < -0.39 is 0 Å². The summed E-state index contributed by atoms with van der Waals surface area (Å²) in [4.78, 5) is 13.9. The third kappa shape index (κ3) is 2.68. The number of hydrogen-bond donors (Lipinski definition) is 0. The molecule has 1 aliphatic rings. The van der Waals surface area contributed by atoms with Crippen LogP contribution in [0, 0.1) is 6.92 Å². The lowest BCUT2D eigenvalue weighted by Gasteiger charge is -2.26. The summed E-state index contributed by atoms with van der Waals surface area (Å²) in [6.45, 7) is 7.33. The molecule has 0 aliphatic carbocycles. The van der Waals surface area contributed by atoms with Crippen molar-refractivity contribution in [1.82, 2.24) is 9.47 Å². The van der Waals surface area contributed by atoms with Crippen LogP contribution >= 0.6 is 11.3 Å². The van der Waals surface area contributed by atoms with E-state index >= 15 is 0 Å². The smallest absolute Gasteiger partial charge is 0.307 e. The predicted octanol–water partition coefficient (Wildman–Crippen LogP) is 0.550. The van der Waals surface area contributed by atoms with Gasteiger partial charge in [-0.2, -0.15) is 0 Å². The van der Waals surface area contributed by atoms with E-state index in [0.717, 1.165) is 45.1 Å². The molecule has 0 amide bonds. The van der Waals surface area contributed by atoms with Crippen LogP contribution in [0.4, 0.5) is 0 Å². The zero-order valence-corrected chi connectivity index (χ0v) is 9.76. The van der Waals surface area contributed by atoms with Gasteiger partial charge in [0.05, 0.1) is 13.2 Å². The van der Waals surface area contributed by atoms with Crippen molar-refractivity contribution in [1.29, 1.82) is 0 Å². The van der Waals surface area contributed by atoms with Gasteiger partial charge in [0.15, 0.2) is 0 Å². The second kappa shape index (κ2) is 4.92. The van der Waals surface area contributed by atoms with Gasteiger partial charge in [0.2, 0.25) is 0 Å². The summed E-state index contributed by atoms with van der Waals surface area (Å²) in [6.07, 6.45) is 0. The Balaban J connectivity index is 1.89. The number of aryl methyl sites for hydroxylation is 1. The third-order valence-corrected chi connectivity index (χ3v) is 3.60. The third-order valence-electron chi connectivity index (χ3n) is 2.72. The Morgan fingerprint density at radius 2 is 2.13 bits per heavy atom. The maximum Gasteiger partial charge on any atom is 0.307 e. The van der Waals surface area contributed by atoms with Crippen molar-refractivity contribution >= 4 is 11.3 Å². The minimum absolute atomic E-state index is 0.153. The van der Waals surface area contributed by atoms with Crippen LogP contribution in [0.2, 0.25) is 0 Å². The van der Waals surface area contributed by atoms with Crippen molar-refractivity contribution < 1.29 is 4.74 Å². The molecular formula is C10H16N2O2S. The number of hydrogen-bond acceptors (Lipinski definition) is 4. The number of thiazole rings is 1. The van der Waals surface area contributed by atoms with Gasteiger partial charge in [-0.1, -0.05) is 11.3 Å². The zero-order chi connectivity index (χ0) is 10.7. The fourth-order valence-corrected chi connectivity index (χ4v) is 2.50. The SMILES string of the molecule is Cc1csc(=O)n1CCN1CCOCC1. The Morgan fingerprint density at radius 3 is 2.73 bits per heavy atom. The number of rotatable bonds is 3. The summed E-state index contributed by atoms with van der Waals surface area (Å²) in [6, 6.07) is 0. The first-order valence-corrected chi connectivity index (χ1v) is 6.10. The highest BCUT2D eigenvalue weighted by atomic mass is 32.1. The van der Waals surface area contributed by atoms with Gasteiger partial charge in [0.25, 0.3) is 0 Å². The maximum atomic E-state index is 11.5. The zero-order valence-electron chi connectivity index (χ0n) is 8.94. The van der Waals surface area contributed by atoms with Crippen molar-refractivity contribution in [3.63, 3.8) is 0 Å². The minimum Gasteiger partial charge on any atom is -0.379 e. The molecule has 1 aromatic rings. The van der Waals surface area contributed by atoms with Crippen molar-refractivity contribution in [2.45, 2.75) is 13.5 Å². The van der Waals surface area contributed by atoms with Crippen molar-refractivity contribution in [3.8, 4) is 0 Å². The van der Waals surface area contributed by atoms with Gasteiger partial charge in [0.1, 0.15) is 0 Å². The lowest BCUT2D eigenvalue weighted by molar-refractivity contribution is 0.0363. The highest BCUT2D eigenvalue weighted by Gasteiger charge is 2.11. The molecule has 5 heteroatoms. The van der Waals surface area contributed by atoms with E-state index in [9.17, 15) is 4.79 Å².